The van der Waals surface area contributed by atoms with E-state index in [2.05, 4.69) is 53.6 Å². The molecule has 0 atom stereocenters. The van der Waals surface area contributed by atoms with E-state index in [1.54, 1.807) is 11.3 Å². The predicted octanol–water partition coefficient (Wildman–Crippen LogP) is 4.95. The molecule has 0 N–H and O–H groups in total. The molecule has 0 bridgehead atoms. The number of aryl methyl sites for hydroxylation is 3. The van der Waals surface area contributed by atoms with Crippen molar-refractivity contribution in [1.29, 1.82) is 0 Å². The number of rotatable bonds is 4. The van der Waals surface area contributed by atoms with Gasteiger partial charge in [-0.15, -0.1) is 11.3 Å². The van der Waals surface area contributed by atoms with Gasteiger partial charge >= 0.3 is 0 Å². The van der Waals surface area contributed by atoms with Crippen molar-refractivity contribution in [3.8, 4) is 11.3 Å². The summed E-state index contributed by atoms with van der Waals surface area (Å²) >= 11 is 1.73. The molecule has 1 fully saturated rings. The molecule has 5 rings (SSSR count). The van der Waals surface area contributed by atoms with Crippen LogP contribution in [0.25, 0.3) is 16.2 Å². The van der Waals surface area contributed by atoms with Crippen LogP contribution < -0.4 is 0 Å². The number of amides is 1. The van der Waals surface area contributed by atoms with E-state index in [1.807, 2.05) is 36.1 Å². The molecule has 1 saturated heterocycles. The van der Waals surface area contributed by atoms with Crippen LogP contribution in [0, 0.1) is 20.8 Å². The van der Waals surface area contributed by atoms with Crippen molar-refractivity contribution in [2.45, 2.75) is 27.3 Å². The van der Waals surface area contributed by atoms with Gasteiger partial charge in [0.1, 0.15) is 0 Å². The molecule has 0 spiro atoms. The highest BCUT2D eigenvalue weighted by Crippen LogP contribution is 2.30. The molecule has 1 amide bonds. The van der Waals surface area contributed by atoms with Gasteiger partial charge in [-0.25, -0.2) is 4.98 Å². The molecule has 2 aromatic carbocycles. The Balaban J connectivity index is 1.34. The van der Waals surface area contributed by atoms with Crippen LogP contribution in [0.1, 0.15) is 32.1 Å². The van der Waals surface area contributed by atoms with Crippen LogP contribution in [0.5, 0.6) is 0 Å². The smallest absolute Gasteiger partial charge is 0.253 e. The van der Waals surface area contributed by atoms with Crippen LogP contribution in [0.2, 0.25) is 0 Å². The highest BCUT2D eigenvalue weighted by molar-refractivity contribution is 7.17. The molecule has 6 heteroatoms. The largest absolute Gasteiger partial charge is 0.336 e. The van der Waals surface area contributed by atoms with Crippen LogP contribution in [0.3, 0.4) is 0 Å². The van der Waals surface area contributed by atoms with Crippen LogP contribution >= 0.6 is 11.3 Å². The lowest BCUT2D eigenvalue weighted by Gasteiger charge is -2.34. The van der Waals surface area contributed by atoms with E-state index in [0.717, 1.165) is 54.5 Å². The van der Waals surface area contributed by atoms with E-state index in [4.69, 9.17) is 4.98 Å². The zero-order valence-corrected chi connectivity index (χ0v) is 19.7. The number of benzene rings is 2. The third-order valence-corrected chi connectivity index (χ3v) is 7.10. The van der Waals surface area contributed by atoms with Gasteiger partial charge < -0.3 is 4.90 Å². The molecule has 0 aliphatic carbocycles. The molecule has 5 nitrogen and oxygen atoms in total. The number of imidazole rings is 1. The minimum atomic E-state index is 0.130. The second kappa shape index (κ2) is 8.52. The topological polar surface area (TPSA) is 40.9 Å². The van der Waals surface area contributed by atoms with E-state index in [1.165, 1.54) is 21.7 Å². The lowest BCUT2D eigenvalue weighted by Crippen LogP contribution is -2.48. The van der Waals surface area contributed by atoms with Crippen molar-refractivity contribution >= 4 is 22.2 Å². The van der Waals surface area contributed by atoms with Crippen molar-refractivity contribution < 1.29 is 4.79 Å². The van der Waals surface area contributed by atoms with Gasteiger partial charge in [-0.05, 0) is 32.9 Å². The Morgan fingerprint density at radius 2 is 1.53 bits per heavy atom. The maximum Gasteiger partial charge on any atom is 0.253 e. The molecular formula is C26H28N4OS. The summed E-state index contributed by atoms with van der Waals surface area (Å²) in [5.74, 6) is 0.130. The summed E-state index contributed by atoms with van der Waals surface area (Å²) in [6.45, 7) is 10.3. The lowest BCUT2D eigenvalue weighted by molar-refractivity contribution is 0.0627. The maximum atomic E-state index is 12.9. The molecule has 1 aliphatic rings. The first kappa shape index (κ1) is 20.9. The SMILES string of the molecule is Cc1ccc(C(=O)N2CCN(Cc3c(-c4ccc(C)cc4)nc4sc(C)cn34)CC2)cc1. The third-order valence-electron chi connectivity index (χ3n) is 6.20. The minimum Gasteiger partial charge on any atom is -0.336 e. The summed E-state index contributed by atoms with van der Waals surface area (Å²) in [7, 11) is 0. The fraction of sp³-hybridized carbons (Fsp3) is 0.308. The summed E-state index contributed by atoms with van der Waals surface area (Å²) in [5, 5.41) is 0. The predicted molar refractivity (Wildman–Crippen MR) is 130 cm³/mol. The number of fused-ring (bicyclic) bond motifs is 1. The van der Waals surface area contributed by atoms with Crippen LogP contribution in [0.4, 0.5) is 0 Å². The van der Waals surface area contributed by atoms with Crippen molar-refractivity contribution in [3.63, 3.8) is 0 Å². The molecule has 164 valence electrons. The average Bonchev–Trinajstić information content (AvgIpc) is 3.32. The normalized spacial score (nSPS) is 14.9. The Labute approximate surface area is 192 Å². The van der Waals surface area contributed by atoms with Crippen LogP contribution in [0.15, 0.2) is 54.7 Å². The van der Waals surface area contributed by atoms with E-state index in [-0.39, 0.29) is 5.91 Å². The van der Waals surface area contributed by atoms with Gasteiger partial charge in [0.15, 0.2) is 4.96 Å². The van der Waals surface area contributed by atoms with Gasteiger partial charge in [-0.3, -0.25) is 14.1 Å². The molecule has 0 saturated carbocycles. The van der Waals surface area contributed by atoms with Crippen molar-refractivity contribution in [2.24, 2.45) is 0 Å². The molecule has 32 heavy (non-hydrogen) atoms. The van der Waals surface area contributed by atoms with Crippen molar-refractivity contribution in [3.05, 3.63) is 82.0 Å². The standard InChI is InChI=1S/C26H28N4OS/c1-18-4-8-21(9-5-18)24-23(30-16-20(3)32-26(30)27-24)17-28-12-14-29(15-13-28)25(31)22-10-6-19(2)7-11-22/h4-11,16H,12-15,17H2,1-3H3. The number of carbonyl (C=O) groups excluding carboxylic acids is 1. The number of thiazole rings is 1. The van der Waals surface area contributed by atoms with Crippen molar-refractivity contribution in [1.82, 2.24) is 19.2 Å². The second-order valence-corrected chi connectivity index (χ2v) is 9.92. The summed E-state index contributed by atoms with van der Waals surface area (Å²) in [6, 6.07) is 16.5. The zero-order chi connectivity index (χ0) is 22.2. The molecule has 1 aliphatic heterocycles. The summed E-state index contributed by atoms with van der Waals surface area (Å²) in [4.78, 5) is 24.6. The Hall–Kier alpha value is -2.96. The van der Waals surface area contributed by atoms with Gasteiger partial charge in [-0.2, -0.15) is 0 Å². The zero-order valence-electron chi connectivity index (χ0n) is 18.8. The van der Waals surface area contributed by atoms with E-state index in [9.17, 15) is 4.79 Å². The first-order valence-corrected chi connectivity index (χ1v) is 11.9. The van der Waals surface area contributed by atoms with Crippen LogP contribution in [-0.2, 0) is 6.54 Å². The molecule has 3 heterocycles. The van der Waals surface area contributed by atoms with E-state index in [0.29, 0.717) is 0 Å². The van der Waals surface area contributed by atoms with Gasteiger partial charge in [0.05, 0.1) is 11.4 Å². The monoisotopic (exact) mass is 444 g/mol. The number of carbonyl (C=O) groups is 1. The molecular weight excluding hydrogens is 416 g/mol. The average molecular weight is 445 g/mol. The quantitative estimate of drug-likeness (QED) is 0.447. The number of piperazine rings is 1. The molecule has 4 aromatic rings. The summed E-state index contributed by atoms with van der Waals surface area (Å²) in [6.07, 6.45) is 2.19. The Kier molecular flexibility index (Phi) is 5.57. The summed E-state index contributed by atoms with van der Waals surface area (Å²) < 4.78 is 2.25. The van der Waals surface area contributed by atoms with Gasteiger partial charge in [0.25, 0.3) is 5.91 Å². The fourth-order valence-corrected chi connectivity index (χ4v) is 5.14. The number of hydrogen-bond acceptors (Lipinski definition) is 4. The van der Waals surface area contributed by atoms with Gasteiger partial charge in [0, 0.05) is 54.9 Å². The fourth-order valence-electron chi connectivity index (χ4n) is 4.29. The third kappa shape index (κ3) is 4.08. The first-order chi connectivity index (χ1) is 15.5. The first-order valence-electron chi connectivity index (χ1n) is 11.1. The lowest BCUT2D eigenvalue weighted by atomic mass is 10.1. The van der Waals surface area contributed by atoms with E-state index < -0.39 is 0 Å². The van der Waals surface area contributed by atoms with Gasteiger partial charge in [0.2, 0.25) is 0 Å². The number of aromatic nitrogens is 2. The maximum absolute atomic E-state index is 12.9. The van der Waals surface area contributed by atoms with Gasteiger partial charge in [-0.1, -0.05) is 47.5 Å². The highest BCUT2D eigenvalue weighted by Gasteiger charge is 2.24. The minimum absolute atomic E-state index is 0.130. The highest BCUT2D eigenvalue weighted by atomic mass is 32.1. The Morgan fingerprint density at radius 1 is 0.906 bits per heavy atom. The Bertz CT molecular complexity index is 1250. The summed E-state index contributed by atoms with van der Waals surface area (Å²) in [5.41, 5.74) is 6.65. The van der Waals surface area contributed by atoms with Crippen molar-refractivity contribution in [2.75, 3.05) is 26.2 Å². The molecule has 0 radical (unpaired) electrons. The molecule has 0 unspecified atom stereocenters. The van der Waals surface area contributed by atoms with E-state index >= 15 is 0 Å². The Morgan fingerprint density at radius 3 is 2.19 bits per heavy atom. The van der Waals surface area contributed by atoms with Crippen LogP contribution in [-0.4, -0.2) is 51.3 Å². The number of hydrogen-bond donors (Lipinski definition) is 0. The number of nitrogens with zero attached hydrogens (tertiary/aromatic N) is 4. The molecule has 2 aromatic heterocycles. The second-order valence-electron chi connectivity index (χ2n) is 8.70.